The van der Waals surface area contributed by atoms with E-state index in [1.165, 1.54) is 6.42 Å². The summed E-state index contributed by atoms with van der Waals surface area (Å²) in [6, 6.07) is 5.24. The second-order valence-corrected chi connectivity index (χ2v) is 4.92. The van der Waals surface area contributed by atoms with Gasteiger partial charge in [0.05, 0.1) is 18.4 Å². The number of anilines is 1. The number of nitrogens with zero attached hydrogens (tertiary/aromatic N) is 1. The van der Waals surface area contributed by atoms with Crippen LogP contribution >= 0.6 is 0 Å². The lowest BCUT2D eigenvalue weighted by Crippen LogP contribution is -2.36. The van der Waals surface area contributed by atoms with E-state index in [9.17, 15) is 9.59 Å². The van der Waals surface area contributed by atoms with Gasteiger partial charge in [0.1, 0.15) is 5.75 Å². The Morgan fingerprint density at radius 2 is 2.11 bits per heavy atom. The maximum Gasteiger partial charge on any atom is 0.299 e. The monoisotopic (exact) mass is 245 g/mol. The van der Waals surface area contributed by atoms with E-state index in [4.69, 9.17) is 4.74 Å². The van der Waals surface area contributed by atoms with Crippen molar-refractivity contribution in [2.75, 3.05) is 18.6 Å². The summed E-state index contributed by atoms with van der Waals surface area (Å²) in [5.74, 6) is 0.351. The van der Waals surface area contributed by atoms with Crippen LogP contribution in [0.3, 0.4) is 0 Å². The van der Waals surface area contributed by atoms with Crippen LogP contribution in [0.5, 0.6) is 5.75 Å². The third-order valence-electron chi connectivity index (χ3n) is 3.84. The van der Waals surface area contributed by atoms with Gasteiger partial charge in [-0.1, -0.05) is 6.42 Å². The molecule has 0 N–H and O–H groups in total. The first-order valence-corrected chi connectivity index (χ1v) is 6.25. The van der Waals surface area contributed by atoms with Gasteiger partial charge in [-0.25, -0.2) is 0 Å². The third kappa shape index (κ3) is 1.60. The van der Waals surface area contributed by atoms with E-state index in [-0.39, 0.29) is 0 Å². The van der Waals surface area contributed by atoms with Gasteiger partial charge >= 0.3 is 0 Å². The van der Waals surface area contributed by atoms with Gasteiger partial charge in [0.25, 0.3) is 11.7 Å². The average Bonchev–Trinajstić information content (AvgIpc) is 2.57. The minimum Gasteiger partial charge on any atom is -0.497 e. The number of hydrogen-bond donors (Lipinski definition) is 0. The summed E-state index contributed by atoms with van der Waals surface area (Å²) in [5, 5.41) is 0. The minimum absolute atomic E-state index is 0.398. The zero-order valence-electron chi connectivity index (χ0n) is 10.3. The van der Waals surface area contributed by atoms with Crippen LogP contribution in [-0.2, 0) is 4.79 Å². The van der Waals surface area contributed by atoms with Crippen LogP contribution in [0.4, 0.5) is 5.69 Å². The zero-order chi connectivity index (χ0) is 12.7. The molecule has 4 heteroatoms. The molecule has 4 nitrogen and oxygen atoms in total. The topological polar surface area (TPSA) is 46.6 Å². The van der Waals surface area contributed by atoms with Crippen LogP contribution in [0.15, 0.2) is 18.2 Å². The highest BCUT2D eigenvalue weighted by atomic mass is 16.5. The van der Waals surface area contributed by atoms with E-state index in [2.05, 4.69) is 0 Å². The predicted octanol–water partition coefficient (Wildman–Crippen LogP) is 2.02. The Hall–Kier alpha value is -1.84. The summed E-state index contributed by atoms with van der Waals surface area (Å²) in [7, 11) is 1.55. The number of carbonyl (C=O) groups is 2. The standard InChI is InChI=1S/C14H15NO3/c1-18-10-5-6-12-11(7-10)13(16)14(17)15(12)8-9-3-2-4-9/h5-7,9H,2-4,8H2,1H3. The first-order chi connectivity index (χ1) is 8.70. The van der Waals surface area contributed by atoms with Gasteiger partial charge in [0.2, 0.25) is 0 Å². The molecule has 0 aromatic heterocycles. The van der Waals surface area contributed by atoms with Crippen LogP contribution in [0.1, 0.15) is 29.6 Å². The lowest BCUT2D eigenvalue weighted by molar-refractivity contribution is -0.114. The van der Waals surface area contributed by atoms with Crippen molar-refractivity contribution in [3.63, 3.8) is 0 Å². The van der Waals surface area contributed by atoms with Crippen molar-refractivity contribution in [2.24, 2.45) is 5.92 Å². The lowest BCUT2D eigenvalue weighted by Gasteiger charge is -2.29. The lowest BCUT2D eigenvalue weighted by atomic mass is 9.85. The molecule has 1 aliphatic carbocycles. The fraction of sp³-hybridized carbons (Fsp3) is 0.429. The molecule has 0 spiro atoms. The first kappa shape index (κ1) is 11.3. The van der Waals surface area contributed by atoms with Gasteiger partial charge in [-0.3, -0.25) is 9.59 Å². The Kier molecular flexibility index (Phi) is 2.58. The predicted molar refractivity (Wildman–Crippen MR) is 67.0 cm³/mol. The largest absolute Gasteiger partial charge is 0.497 e. The SMILES string of the molecule is COc1ccc2c(c1)C(=O)C(=O)N2CC1CCC1. The van der Waals surface area contributed by atoms with Gasteiger partial charge in [0, 0.05) is 6.54 Å². The van der Waals surface area contributed by atoms with Crippen LogP contribution in [0, 0.1) is 5.92 Å². The van der Waals surface area contributed by atoms with Crippen molar-refractivity contribution in [2.45, 2.75) is 19.3 Å². The van der Waals surface area contributed by atoms with Gasteiger partial charge in [0.15, 0.2) is 0 Å². The number of ether oxygens (including phenoxy) is 1. The highest BCUT2D eigenvalue weighted by Crippen LogP contribution is 2.35. The van der Waals surface area contributed by atoms with Gasteiger partial charge in [-0.05, 0) is 37.0 Å². The normalized spacial score (nSPS) is 18.8. The summed E-state index contributed by atoms with van der Waals surface area (Å²) < 4.78 is 5.09. The average molecular weight is 245 g/mol. The molecule has 1 aromatic rings. The molecule has 0 radical (unpaired) electrons. The number of ketones is 1. The van der Waals surface area contributed by atoms with E-state index >= 15 is 0 Å². The van der Waals surface area contributed by atoms with Gasteiger partial charge < -0.3 is 9.64 Å². The number of benzene rings is 1. The number of hydrogen-bond acceptors (Lipinski definition) is 3. The molecule has 3 rings (SSSR count). The summed E-state index contributed by atoms with van der Waals surface area (Å²) in [5.41, 5.74) is 1.20. The Bertz CT molecular complexity index is 520. The van der Waals surface area contributed by atoms with Crippen molar-refractivity contribution < 1.29 is 14.3 Å². The van der Waals surface area contributed by atoms with Gasteiger partial charge in [-0.15, -0.1) is 0 Å². The number of fused-ring (bicyclic) bond motifs is 1. The number of methoxy groups -OCH3 is 1. The molecule has 18 heavy (non-hydrogen) atoms. The van der Waals surface area contributed by atoms with Crippen LogP contribution in [0.25, 0.3) is 0 Å². The zero-order valence-corrected chi connectivity index (χ0v) is 10.3. The quantitative estimate of drug-likeness (QED) is 0.765. The highest BCUT2D eigenvalue weighted by molar-refractivity contribution is 6.52. The second-order valence-electron chi connectivity index (χ2n) is 4.92. The molecule has 1 heterocycles. The van der Waals surface area contributed by atoms with E-state index < -0.39 is 11.7 Å². The van der Waals surface area contributed by atoms with Crippen molar-refractivity contribution >= 4 is 17.4 Å². The van der Waals surface area contributed by atoms with E-state index in [0.717, 1.165) is 18.5 Å². The fourth-order valence-corrected chi connectivity index (χ4v) is 2.52. The number of carbonyl (C=O) groups excluding carboxylic acids is 2. The molecule has 1 amide bonds. The van der Waals surface area contributed by atoms with Crippen molar-refractivity contribution in [1.29, 1.82) is 0 Å². The number of amides is 1. The molecular formula is C14H15NO3. The van der Waals surface area contributed by atoms with Crippen molar-refractivity contribution in [1.82, 2.24) is 0 Å². The molecule has 0 unspecified atom stereocenters. The van der Waals surface area contributed by atoms with E-state index in [1.807, 2.05) is 0 Å². The molecule has 1 aromatic carbocycles. The smallest absolute Gasteiger partial charge is 0.299 e. The van der Waals surface area contributed by atoms with Crippen molar-refractivity contribution in [3.8, 4) is 5.75 Å². The number of rotatable bonds is 3. The Balaban J connectivity index is 1.93. The maximum atomic E-state index is 12.0. The first-order valence-electron chi connectivity index (χ1n) is 6.25. The van der Waals surface area contributed by atoms with Crippen LogP contribution in [0.2, 0.25) is 0 Å². The highest BCUT2D eigenvalue weighted by Gasteiger charge is 2.37. The Morgan fingerprint density at radius 3 is 2.72 bits per heavy atom. The summed E-state index contributed by atoms with van der Waals surface area (Å²) in [6.07, 6.45) is 3.54. The Morgan fingerprint density at radius 1 is 1.33 bits per heavy atom. The maximum absolute atomic E-state index is 12.0. The third-order valence-corrected chi connectivity index (χ3v) is 3.84. The molecule has 94 valence electrons. The minimum atomic E-state index is -0.414. The molecule has 0 bridgehead atoms. The molecule has 0 saturated heterocycles. The van der Waals surface area contributed by atoms with E-state index in [1.54, 1.807) is 30.2 Å². The molecule has 1 aliphatic heterocycles. The van der Waals surface area contributed by atoms with Crippen molar-refractivity contribution in [3.05, 3.63) is 23.8 Å². The second kappa shape index (κ2) is 4.12. The van der Waals surface area contributed by atoms with Crippen LogP contribution in [-0.4, -0.2) is 25.3 Å². The molecule has 0 atom stereocenters. The number of Topliss-reactive ketones (excluding diaryl/α,β-unsaturated/α-hetero) is 1. The molecular weight excluding hydrogens is 230 g/mol. The summed E-state index contributed by atoms with van der Waals surface area (Å²) >= 11 is 0. The Labute approximate surface area is 106 Å². The van der Waals surface area contributed by atoms with Gasteiger partial charge in [-0.2, -0.15) is 0 Å². The summed E-state index contributed by atoms with van der Waals surface area (Å²) in [4.78, 5) is 25.5. The molecule has 1 saturated carbocycles. The molecule has 2 aliphatic rings. The van der Waals surface area contributed by atoms with Crippen LogP contribution < -0.4 is 9.64 Å². The molecule has 1 fully saturated rings. The van der Waals surface area contributed by atoms with E-state index in [0.29, 0.717) is 23.8 Å². The fourth-order valence-electron chi connectivity index (χ4n) is 2.52. The summed E-state index contributed by atoms with van der Waals surface area (Å²) in [6.45, 7) is 0.671.